The maximum atomic E-state index is 10.4. The van der Waals surface area contributed by atoms with Crippen LogP contribution in [0.15, 0.2) is 24.3 Å². The van der Waals surface area contributed by atoms with Crippen molar-refractivity contribution >= 4 is 0 Å². The van der Waals surface area contributed by atoms with Gasteiger partial charge >= 0.3 is 0 Å². The van der Waals surface area contributed by atoms with Crippen molar-refractivity contribution in [3.8, 4) is 5.75 Å². The molecule has 1 unspecified atom stereocenters. The van der Waals surface area contributed by atoms with Gasteiger partial charge in [0.1, 0.15) is 11.9 Å². The number of hydrogen-bond donors (Lipinski definition) is 1. The molecule has 1 rings (SSSR count). The van der Waals surface area contributed by atoms with Crippen molar-refractivity contribution in [2.75, 3.05) is 13.2 Å². The van der Waals surface area contributed by atoms with E-state index in [9.17, 15) is 5.11 Å². The summed E-state index contributed by atoms with van der Waals surface area (Å²) in [4.78, 5) is 0. The topological polar surface area (TPSA) is 38.7 Å². The molecule has 1 N–H and O–H groups in total. The third-order valence-corrected chi connectivity index (χ3v) is 2.69. The predicted molar refractivity (Wildman–Crippen MR) is 68.3 cm³/mol. The summed E-state index contributed by atoms with van der Waals surface area (Å²) in [6.07, 6.45) is -0.704. The van der Waals surface area contributed by atoms with Gasteiger partial charge in [-0.05, 0) is 33.8 Å². The minimum Gasteiger partial charge on any atom is -0.493 e. The van der Waals surface area contributed by atoms with E-state index in [-0.39, 0.29) is 0 Å². The number of hydrogen-bond acceptors (Lipinski definition) is 3. The molecule has 0 aliphatic carbocycles. The van der Waals surface area contributed by atoms with E-state index in [0.29, 0.717) is 13.2 Å². The first-order valence-corrected chi connectivity index (χ1v) is 6.06. The molecule has 0 aliphatic rings. The van der Waals surface area contributed by atoms with Crippen LogP contribution in [0.25, 0.3) is 0 Å². The van der Waals surface area contributed by atoms with E-state index >= 15 is 0 Å². The zero-order valence-corrected chi connectivity index (χ0v) is 11.1. The first-order chi connectivity index (χ1) is 8.03. The molecule has 17 heavy (non-hydrogen) atoms. The van der Waals surface area contributed by atoms with E-state index in [2.05, 4.69) is 0 Å². The lowest BCUT2D eigenvalue weighted by Gasteiger charge is -2.31. The van der Waals surface area contributed by atoms with Crippen molar-refractivity contribution in [3.05, 3.63) is 29.8 Å². The van der Waals surface area contributed by atoms with E-state index in [1.54, 1.807) is 0 Å². The first-order valence-electron chi connectivity index (χ1n) is 6.06. The number of benzene rings is 1. The number of aliphatic hydroxyl groups is 1. The van der Waals surface area contributed by atoms with Gasteiger partial charge in [0.15, 0.2) is 0 Å². The molecule has 0 bridgehead atoms. The molecule has 1 atom stereocenters. The Kier molecular flexibility index (Phi) is 4.97. The van der Waals surface area contributed by atoms with Crippen LogP contribution in [0.2, 0.25) is 0 Å². The molecule has 96 valence electrons. The second-order valence-corrected chi connectivity index (χ2v) is 4.41. The molecule has 0 aliphatic heterocycles. The van der Waals surface area contributed by atoms with Crippen molar-refractivity contribution in [3.63, 3.8) is 0 Å². The van der Waals surface area contributed by atoms with Gasteiger partial charge in [-0.1, -0.05) is 18.2 Å². The summed E-state index contributed by atoms with van der Waals surface area (Å²) in [5, 5.41) is 10.4. The SMILES string of the molecule is CCOc1ccccc1C(O)C(C)(C)OCC. The molecule has 3 nitrogen and oxygen atoms in total. The fourth-order valence-electron chi connectivity index (χ4n) is 1.82. The number of para-hydroxylation sites is 1. The molecule has 0 spiro atoms. The van der Waals surface area contributed by atoms with Crippen LogP contribution in [0.5, 0.6) is 5.75 Å². The van der Waals surface area contributed by atoms with Crippen molar-refractivity contribution in [2.45, 2.75) is 39.4 Å². The molecular weight excluding hydrogens is 216 g/mol. The summed E-state index contributed by atoms with van der Waals surface area (Å²) in [6.45, 7) is 8.76. The minimum absolute atomic E-state index is 0.570. The zero-order valence-electron chi connectivity index (χ0n) is 11.1. The molecule has 0 heterocycles. The van der Waals surface area contributed by atoms with E-state index in [1.165, 1.54) is 0 Å². The summed E-state index contributed by atoms with van der Waals surface area (Å²) in [6, 6.07) is 7.53. The lowest BCUT2D eigenvalue weighted by atomic mass is 9.94. The molecule has 0 fully saturated rings. The molecule has 1 aromatic carbocycles. The van der Waals surface area contributed by atoms with Crippen LogP contribution < -0.4 is 4.74 Å². The van der Waals surface area contributed by atoms with Crippen LogP contribution in [-0.4, -0.2) is 23.9 Å². The molecular formula is C14H22O3. The number of rotatable bonds is 6. The van der Waals surface area contributed by atoms with E-state index < -0.39 is 11.7 Å². The van der Waals surface area contributed by atoms with Gasteiger partial charge in [0, 0.05) is 12.2 Å². The maximum absolute atomic E-state index is 10.4. The lowest BCUT2D eigenvalue weighted by Crippen LogP contribution is -2.33. The highest BCUT2D eigenvalue weighted by molar-refractivity contribution is 5.36. The number of aliphatic hydroxyl groups excluding tert-OH is 1. The molecule has 3 heteroatoms. The fraction of sp³-hybridized carbons (Fsp3) is 0.571. The average Bonchev–Trinajstić information content (AvgIpc) is 2.29. The summed E-state index contributed by atoms with van der Waals surface area (Å²) >= 11 is 0. The third-order valence-electron chi connectivity index (χ3n) is 2.69. The average molecular weight is 238 g/mol. The highest BCUT2D eigenvalue weighted by Gasteiger charge is 2.31. The third kappa shape index (κ3) is 3.45. The monoisotopic (exact) mass is 238 g/mol. The van der Waals surface area contributed by atoms with Gasteiger partial charge in [-0.3, -0.25) is 0 Å². The molecule has 0 aromatic heterocycles. The van der Waals surface area contributed by atoms with Gasteiger partial charge in [-0.15, -0.1) is 0 Å². The number of ether oxygens (including phenoxy) is 2. The smallest absolute Gasteiger partial charge is 0.125 e. The molecule has 0 saturated carbocycles. The lowest BCUT2D eigenvalue weighted by molar-refractivity contribution is -0.0990. The molecule has 0 radical (unpaired) electrons. The Labute approximate surface area is 103 Å². The Balaban J connectivity index is 2.98. The van der Waals surface area contributed by atoms with Gasteiger partial charge in [-0.25, -0.2) is 0 Å². The summed E-state index contributed by atoms with van der Waals surface area (Å²) in [7, 11) is 0. The van der Waals surface area contributed by atoms with Crippen LogP contribution >= 0.6 is 0 Å². The predicted octanol–water partition coefficient (Wildman–Crippen LogP) is 2.93. The van der Waals surface area contributed by atoms with E-state index in [1.807, 2.05) is 52.0 Å². The Hall–Kier alpha value is -1.06. The van der Waals surface area contributed by atoms with Crippen molar-refractivity contribution in [1.29, 1.82) is 0 Å². The van der Waals surface area contributed by atoms with Crippen LogP contribution in [0.4, 0.5) is 0 Å². The van der Waals surface area contributed by atoms with Gasteiger partial charge in [0.05, 0.1) is 12.2 Å². The normalized spacial score (nSPS) is 13.5. The first kappa shape index (κ1) is 14.0. The largest absolute Gasteiger partial charge is 0.493 e. The molecule has 0 amide bonds. The van der Waals surface area contributed by atoms with Gasteiger partial charge in [-0.2, -0.15) is 0 Å². The zero-order chi connectivity index (χ0) is 12.9. The van der Waals surface area contributed by atoms with Crippen LogP contribution in [0.3, 0.4) is 0 Å². The Morgan fingerprint density at radius 2 is 1.82 bits per heavy atom. The fourth-order valence-corrected chi connectivity index (χ4v) is 1.82. The highest BCUT2D eigenvalue weighted by atomic mass is 16.5. The molecule has 1 aromatic rings. The van der Waals surface area contributed by atoms with Crippen molar-refractivity contribution < 1.29 is 14.6 Å². The summed E-state index contributed by atoms with van der Waals surface area (Å²) in [5.74, 6) is 0.718. The van der Waals surface area contributed by atoms with Crippen LogP contribution in [0.1, 0.15) is 39.4 Å². The Bertz CT molecular complexity index is 347. The van der Waals surface area contributed by atoms with Gasteiger partial charge in [0.25, 0.3) is 0 Å². The Morgan fingerprint density at radius 1 is 1.18 bits per heavy atom. The summed E-state index contributed by atoms with van der Waals surface area (Å²) in [5.41, 5.74) is 0.148. The second-order valence-electron chi connectivity index (χ2n) is 4.41. The highest BCUT2D eigenvalue weighted by Crippen LogP contribution is 2.34. The van der Waals surface area contributed by atoms with Crippen LogP contribution in [0, 0.1) is 0 Å². The molecule has 0 saturated heterocycles. The Morgan fingerprint density at radius 3 is 2.41 bits per heavy atom. The van der Waals surface area contributed by atoms with Gasteiger partial charge in [0.2, 0.25) is 0 Å². The second kappa shape index (κ2) is 6.03. The quantitative estimate of drug-likeness (QED) is 0.828. The minimum atomic E-state index is -0.704. The maximum Gasteiger partial charge on any atom is 0.125 e. The standard InChI is InChI=1S/C14H22O3/c1-5-16-12-10-8-7-9-11(12)13(15)14(3,4)17-6-2/h7-10,13,15H,5-6H2,1-4H3. The summed E-state index contributed by atoms with van der Waals surface area (Å²) < 4.78 is 11.1. The van der Waals surface area contributed by atoms with E-state index in [0.717, 1.165) is 11.3 Å². The van der Waals surface area contributed by atoms with Crippen molar-refractivity contribution in [2.24, 2.45) is 0 Å². The van der Waals surface area contributed by atoms with Gasteiger partial charge < -0.3 is 14.6 Å². The van der Waals surface area contributed by atoms with Crippen molar-refractivity contribution in [1.82, 2.24) is 0 Å². The van der Waals surface area contributed by atoms with Crippen LogP contribution in [-0.2, 0) is 4.74 Å². The van der Waals surface area contributed by atoms with E-state index in [4.69, 9.17) is 9.47 Å².